The molecule has 1 aliphatic rings. The summed E-state index contributed by atoms with van der Waals surface area (Å²) < 4.78 is 1.49. The lowest BCUT2D eigenvalue weighted by Gasteiger charge is -2.31. The van der Waals surface area contributed by atoms with Crippen LogP contribution < -0.4 is 0 Å². The third kappa shape index (κ3) is 3.69. The maximum atomic E-state index is 10.7. The van der Waals surface area contributed by atoms with Crippen LogP contribution in [0.25, 0.3) is 0 Å². The Kier molecular flexibility index (Phi) is 4.81. The smallest absolute Gasteiger partial charge is 0.325 e. The SMILES string of the molecule is O=C(O)Cn1ccc([C@H]2CCCN(Cc3sccc3Cl)C2)n1. The highest BCUT2D eigenvalue weighted by atomic mass is 35.5. The number of aliphatic carboxylic acids is 1. The highest BCUT2D eigenvalue weighted by Crippen LogP contribution is 2.29. The minimum atomic E-state index is -0.868. The third-order valence-electron chi connectivity index (χ3n) is 3.94. The lowest BCUT2D eigenvalue weighted by molar-refractivity contribution is -0.137. The number of thiophene rings is 1. The Morgan fingerprint density at radius 3 is 3.09 bits per heavy atom. The first-order chi connectivity index (χ1) is 10.6. The molecular formula is C15H18ClN3O2S. The number of carboxylic acid groups (broad SMARTS) is 1. The zero-order valence-corrected chi connectivity index (χ0v) is 13.7. The minimum absolute atomic E-state index is 0.0821. The Hall–Kier alpha value is -1.37. The topological polar surface area (TPSA) is 58.4 Å². The van der Waals surface area contributed by atoms with Gasteiger partial charge in [-0.15, -0.1) is 11.3 Å². The molecule has 0 saturated carbocycles. The van der Waals surface area contributed by atoms with Gasteiger partial charge in [-0.25, -0.2) is 0 Å². The third-order valence-corrected chi connectivity index (χ3v) is 5.31. The predicted molar refractivity (Wildman–Crippen MR) is 86.4 cm³/mol. The number of hydrogen-bond acceptors (Lipinski definition) is 4. The van der Waals surface area contributed by atoms with Crippen molar-refractivity contribution in [3.63, 3.8) is 0 Å². The number of carboxylic acids is 1. The first-order valence-corrected chi connectivity index (χ1v) is 8.57. The van der Waals surface area contributed by atoms with Crippen LogP contribution in [0.15, 0.2) is 23.7 Å². The zero-order chi connectivity index (χ0) is 15.5. The van der Waals surface area contributed by atoms with Gasteiger partial charge in [0.25, 0.3) is 0 Å². The normalized spacial score (nSPS) is 19.4. The maximum absolute atomic E-state index is 10.7. The fraction of sp³-hybridized carbons (Fsp3) is 0.467. The molecule has 2 aromatic heterocycles. The van der Waals surface area contributed by atoms with Crippen molar-refractivity contribution in [2.24, 2.45) is 0 Å². The van der Waals surface area contributed by atoms with Crippen molar-refractivity contribution in [3.8, 4) is 0 Å². The van der Waals surface area contributed by atoms with Gasteiger partial charge in [-0.05, 0) is 36.9 Å². The van der Waals surface area contributed by atoms with E-state index >= 15 is 0 Å². The van der Waals surface area contributed by atoms with Crippen molar-refractivity contribution < 1.29 is 9.90 Å². The van der Waals surface area contributed by atoms with Gasteiger partial charge in [-0.3, -0.25) is 14.4 Å². The van der Waals surface area contributed by atoms with Gasteiger partial charge in [-0.2, -0.15) is 5.10 Å². The number of likely N-dealkylation sites (tertiary alicyclic amines) is 1. The molecule has 3 rings (SSSR count). The molecule has 0 aromatic carbocycles. The molecule has 1 atom stereocenters. The average molecular weight is 340 g/mol. The summed E-state index contributed by atoms with van der Waals surface area (Å²) in [5.41, 5.74) is 0.989. The summed E-state index contributed by atoms with van der Waals surface area (Å²) in [4.78, 5) is 14.3. The van der Waals surface area contributed by atoms with E-state index in [0.29, 0.717) is 5.92 Å². The fourth-order valence-corrected chi connectivity index (χ4v) is 4.04. The van der Waals surface area contributed by atoms with Crippen molar-refractivity contribution in [1.29, 1.82) is 0 Å². The summed E-state index contributed by atoms with van der Waals surface area (Å²) in [5, 5.41) is 16.1. The molecule has 1 fully saturated rings. The van der Waals surface area contributed by atoms with Gasteiger partial charge in [0.2, 0.25) is 0 Å². The van der Waals surface area contributed by atoms with E-state index in [0.717, 1.165) is 43.2 Å². The lowest BCUT2D eigenvalue weighted by Crippen LogP contribution is -2.34. The van der Waals surface area contributed by atoms with Crippen molar-refractivity contribution >= 4 is 28.9 Å². The van der Waals surface area contributed by atoms with Crippen LogP contribution in [0.1, 0.15) is 29.3 Å². The predicted octanol–water partition coefficient (Wildman–Crippen LogP) is 3.06. The molecule has 0 bridgehead atoms. The fourth-order valence-electron chi connectivity index (χ4n) is 2.90. The minimum Gasteiger partial charge on any atom is -0.480 e. The Morgan fingerprint density at radius 1 is 1.50 bits per heavy atom. The van der Waals surface area contributed by atoms with E-state index in [-0.39, 0.29) is 6.54 Å². The molecule has 0 aliphatic carbocycles. The van der Waals surface area contributed by atoms with Crippen LogP contribution in [0.2, 0.25) is 5.02 Å². The second kappa shape index (κ2) is 6.81. The van der Waals surface area contributed by atoms with E-state index < -0.39 is 5.97 Å². The number of rotatable bonds is 5. The first-order valence-electron chi connectivity index (χ1n) is 7.31. The Bertz CT molecular complexity index is 655. The highest BCUT2D eigenvalue weighted by Gasteiger charge is 2.24. The van der Waals surface area contributed by atoms with Gasteiger partial charge < -0.3 is 5.11 Å². The number of carbonyl (C=O) groups is 1. The van der Waals surface area contributed by atoms with Crippen LogP contribution in [0.5, 0.6) is 0 Å². The van der Waals surface area contributed by atoms with E-state index in [1.807, 2.05) is 17.5 Å². The largest absolute Gasteiger partial charge is 0.480 e. The highest BCUT2D eigenvalue weighted by molar-refractivity contribution is 7.10. The van der Waals surface area contributed by atoms with Crippen LogP contribution in [-0.4, -0.2) is 38.8 Å². The van der Waals surface area contributed by atoms with Crippen LogP contribution in [0.4, 0.5) is 0 Å². The van der Waals surface area contributed by atoms with E-state index in [1.165, 1.54) is 9.56 Å². The standard InChI is InChI=1S/C15H18ClN3O2S/c16-12-4-7-22-14(12)9-18-5-1-2-11(8-18)13-3-6-19(17-13)10-15(20)21/h3-4,6-7,11H,1-2,5,8-10H2,(H,20,21)/t11-/m0/s1. The molecule has 22 heavy (non-hydrogen) atoms. The van der Waals surface area contributed by atoms with Crippen LogP contribution in [-0.2, 0) is 17.9 Å². The van der Waals surface area contributed by atoms with Crippen LogP contribution in [0.3, 0.4) is 0 Å². The molecule has 0 unspecified atom stereocenters. The summed E-state index contributed by atoms with van der Waals surface area (Å²) in [7, 11) is 0. The van der Waals surface area contributed by atoms with Crippen molar-refractivity contribution in [3.05, 3.63) is 39.3 Å². The lowest BCUT2D eigenvalue weighted by atomic mass is 9.95. The number of halogens is 1. The molecule has 0 radical (unpaired) electrons. The van der Waals surface area contributed by atoms with Gasteiger partial charge >= 0.3 is 5.97 Å². The van der Waals surface area contributed by atoms with Crippen molar-refractivity contribution in [1.82, 2.24) is 14.7 Å². The summed E-state index contributed by atoms with van der Waals surface area (Å²) in [6, 6.07) is 3.88. The molecule has 5 nitrogen and oxygen atoms in total. The first kappa shape index (κ1) is 15.5. The second-order valence-electron chi connectivity index (χ2n) is 5.60. The molecule has 0 spiro atoms. The molecule has 7 heteroatoms. The van der Waals surface area contributed by atoms with E-state index in [1.54, 1.807) is 17.5 Å². The molecule has 1 N–H and O–H groups in total. The molecule has 118 valence electrons. The Morgan fingerprint density at radius 2 is 2.36 bits per heavy atom. The number of hydrogen-bond donors (Lipinski definition) is 1. The van der Waals surface area contributed by atoms with Gasteiger partial charge in [0.05, 0.1) is 10.7 Å². The number of aromatic nitrogens is 2. The van der Waals surface area contributed by atoms with Gasteiger partial charge in [0.1, 0.15) is 6.54 Å². The number of piperidine rings is 1. The Labute approximate surface area is 138 Å². The Balaban J connectivity index is 1.64. The van der Waals surface area contributed by atoms with E-state index in [2.05, 4.69) is 10.00 Å². The molecule has 3 heterocycles. The summed E-state index contributed by atoms with van der Waals surface area (Å²) >= 11 is 7.87. The summed E-state index contributed by atoms with van der Waals surface area (Å²) in [6.45, 7) is 2.81. The van der Waals surface area contributed by atoms with E-state index in [4.69, 9.17) is 16.7 Å². The second-order valence-corrected chi connectivity index (χ2v) is 7.01. The van der Waals surface area contributed by atoms with Gasteiger partial charge in [-0.1, -0.05) is 11.6 Å². The van der Waals surface area contributed by atoms with Crippen LogP contribution >= 0.6 is 22.9 Å². The maximum Gasteiger partial charge on any atom is 0.325 e. The summed E-state index contributed by atoms with van der Waals surface area (Å²) in [5.74, 6) is -0.505. The summed E-state index contributed by atoms with van der Waals surface area (Å²) in [6.07, 6.45) is 3.97. The molecule has 0 amide bonds. The van der Waals surface area contributed by atoms with Gasteiger partial charge in [0.15, 0.2) is 0 Å². The molecule has 2 aromatic rings. The number of nitrogens with zero attached hydrogens (tertiary/aromatic N) is 3. The van der Waals surface area contributed by atoms with Crippen molar-refractivity contribution in [2.75, 3.05) is 13.1 Å². The quantitative estimate of drug-likeness (QED) is 0.909. The average Bonchev–Trinajstić information content (AvgIpc) is 3.09. The van der Waals surface area contributed by atoms with Gasteiger partial charge in [0, 0.05) is 30.1 Å². The van der Waals surface area contributed by atoms with Crippen molar-refractivity contribution in [2.45, 2.75) is 31.8 Å². The van der Waals surface area contributed by atoms with E-state index in [9.17, 15) is 4.79 Å². The zero-order valence-electron chi connectivity index (χ0n) is 12.1. The molecular weight excluding hydrogens is 322 g/mol. The molecule has 1 aliphatic heterocycles. The monoisotopic (exact) mass is 339 g/mol. The van der Waals surface area contributed by atoms with Crippen LogP contribution in [0, 0.1) is 0 Å². The molecule has 1 saturated heterocycles.